The van der Waals surface area contributed by atoms with Crippen LogP contribution in [0.3, 0.4) is 0 Å². The summed E-state index contributed by atoms with van der Waals surface area (Å²) in [5.41, 5.74) is 6.63. The highest BCUT2D eigenvalue weighted by Crippen LogP contribution is 2.10. The molecule has 0 aliphatic carbocycles. The Bertz CT molecular complexity index is 323. The lowest BCUT2D eigenvalue weighted by atomic mass is 10.1. The first-order valence-corrected chi connectivity index (χ1v) is 5.55. The lowest BCUT2D eigenvalue weighted by Crippen LogP contribution is -2.34. The topological polar surface area (TPSA) is 66.0 Å². The molecule has 0 aliphatic rings. The van der Waals surface area contributed by atoms with Gasteiger partial charge in [0.05, 0.1) is 5.84 Å². The normalized spacial score (nSPS) is 12.7. The van der Waals surface area contributed by atoms with Gasteiger partial charge in [-0.1, -0.05) is 13.0 Å². The number of nitrogens with one attached hydrogen (secondary N) is 1. The Morgan fingerprint density at radius 3 is 2.88 bits per heavy atom. The lowest BCUT2D eigenvalue weighted by molar-refractivity contribution is 0.232. The van der Waals surface area contributed by atoms with Crippen LogP contribution in [0.25, 0.3) is 0 Å². The fourth-order valence-electron chi connectivity index (χ4n) is 1.77. The molecule has 1 rings (SSSR count). The Morgan fingerprint density at radius 2 is 2.38 bits per heavy atom. The van der Waals surface area contributed by atoms with E-state index in [0.717, 1.165) is 13.0 Å². The molecule has 3 N–H and O–H groups in total. The molecule has 16 heavy (non-hydrogen) atoms. The van der Waals surface area contributed by atoms with E-state index >= 15 is 0 Å². The summed E-state index contributed by atoms with van der Waals surface area (Å²) in [6.07, 6.45) is 5.27. The molecule has 1 aromatic heterocycles. The van der Waals surface area contributed by atoms with Crippen molar-refractivity contribution >= 4 is 5.84 Å². The Hall–Kier alpha value is -1.42. The van der Waals surface area contributed by atoms with E-state index in [9.17, 15) is 0 Å². The minimum absolute atomic E-state index is 0.255. The van der Waals surface area contributed by atoms with E-state index in [1.165, 1.54) is 5.56 Å². The van der Waals surface area contributed by atoms with E-state index in [1.807, 2.05) is 12.3 Å². The third kappa shape index (κ3) is 3.98. The first-order valence-electron chi connectivity index (χ1n) is 5.55. The summed E-state index contributed by atoms with van der Waals surface area (Å²) in [6.45, 7) is 2.97. The van der Waals surface area contributed by atoms with Crippen LogP contribution in [0.15, 0.2) is 24.5 Å². The summed E-state index contributed by atoms with van der Waals surface area (Å²) >= 11 is 0. The third-order valence-corrected chi connectivity index (χ3v) is 2.70. The number of nitrogens with two attached hydrogens (primary N) is 1. The molecule has 0 amide bonds. The van der Waals surface area contributed by atoms with Gasteiger partial charge in [-0.05, 0) is 25.1 Å². The molecule has 0 fully saturated rings. The molecule has 0 saturated heterocycles. The van der Waals surface area contributed by atoms with Gasteiger partial charge in [-0.25, -0.2) is 0 Å². The molecular formula is C12H20N4. The van der Waals surface area contributed by atoms with Crippen molar-refractivity contribution in [3.8, 4) is 0 Å². The zero-order valence-corrected chi connectivity index (χ0v) is 9.98. The van der Waals surface area contributed by atoms with Crippen LogP contribution in [0, 0.1) is 5.41 Å². The smallest absolute Gasteiger partial charge is 0.0921 e. The summed E-state index contributed by atoms with van der Waals surface area (Å²) in [4.78, 5) is 6.31. The second-order valence-corrected chi connectivity index (χ2v) is 4.07. The lowest BCUT2D eigenvalue weighted by Gasteiger charge is -2.26. The van der Waals surface area contributed by atoms with Gasteiger partial charge < -0.3 is 5.73 Å². The molecule has 4 nitrogen and oxygen atoms in total. The highest BCUT2D eigenvalue weighted by molar-refractivity contribution is 5.77. The van der Waals surface area contributed by atoms with Gasteiger partial charge in [0.1, 0.15) is 0 Å². The number of pyridine rings is 1. The Kier molecular flexibility index (Phi) is 4.92. The van der Waals surface area contributed by atoms with Crippen molar-refractivity contribution in [3.05, 3.63) is 30.1 Å². The predicted octanol–water partition coefficient (Wildman–Crippen LogP) is 1.62. The van der Waals surface area contributed by atoms with E-state index in [4.69, 9.17) is 11.1 Å². The van der Waals surface area contributed by atoms with Crippen LogP contribution in [0.2, 0.25) is 0 Å². The molecule has 88 valence electrons. The third-order valence-electron chi connectivity index (χ3n) is 2.70. The van der Waals surface area contributed by atoms with Gasteiger partial charge in [0.2, 0.25) is 0 Å². The van der Waals surface area contributed by atoms with Gasteiger partial charge in [-0.3, -0.25) is 15.3 Å². The molecule has 1 aromatic rings. The summed E-state index contributed by atoms with van der Waals surface area (Å²) in [5, 5.41) is 7.34. The van der Waals surface area contributed by atoms with Crippen LogP contribution < -0.4 is 5.73 Å². The van der Waals surface area contributed by atoms with Crippen molar-refractivity contribution in [3.63, 3.8) is 0 Å². The van der Waals surface area contributed by atoms with Crippen LogP contribution in [-0.4, -0.2) is 28.8 Å². The summed E-state index contributed by atoms with van der Waals surface area (Å²) < 4.78 is 0. The molecule has 0 saturated carbocycles. The summed E-state index contributed by atoms with van der Waals surface area (Å²) in [6, 6.07) is 4.33. The van der Waals surface area contributed by atoms with Crippen molar-refractivity contribution in [2.45, 2.75) is 32.4 Å². The fourth-order valence-corrected chi connectivity index (χ4v) is 1.77. The van der Waals surface area contributed by atoms with E-state index in [0.29, 0.717) is 12.5 Å². The maximum absolute atomic E-state index is 7.34. The number of hydrogen-bond acceptors (Lipinski definition) is 3. The molecule has 0 aliphatic heterocycles. The van der Waals surface area contributed by atoms with Crippen molar-refractivity contribution in [1.82, 2.24) is 9.88 Å². The van der Waals surface area contributed by atoms with E-state index < -0.39 is 0 Å². The van der Waals surface area contributed by atoms with Gasteiger partial charge >= 0.3 is 0 Å². The highest BCUT2D eigenvalue weighted by atomic mass is 15.1. The molecule has 1 unspecified atom stereocenters. The van der Waals surface area contributed by atoms with Crippen LogP contribution in [-0.2, 0) is 6.54 Å². The molecule has 0 radical (unpaired) electrons. The Balaban J connectivity index is 2.55. The average Bonchev–Trinajstić information content (AvgIpc) is 2.26. The highest BCUT2D eigenvalue weighted by Gasteiger charge is 2.13. The zero-order valence-electron chi connectivity index (χ0n) is 9.98. The number of rotatable bonds is 6. The van der Waals surface area contributed by atoms with Crippen LogP contribution >= 0.6 is 0 Å². The standard InChI is InChI=1S/C12H20N4/c1-3-11(7-12(13)14)16(2)9-10-5-4-6-15-8-10/h4-6,8,11H,3,7,9H2,1-2H3,(H3,13,14). The molecular weight excluding hydrogens is 200 g/mol. The zero-order chi connectivity index (χ0) is 12.0. The second-order valence-electron chi connectivity index (χ2n) is 4.07. The van der Waals surface area contributed by atoms with Gasteiger partial charge in [0.15, 0.2) is 0 Å². The molecule has 1 atom stereocenters. The largest absolute Gasteiger partial charge is 0.388 e. The predicted molar refractivity (Wildman–Crippen MR) is 66.3 cm³/mol. The Morgan fingerprint density at radius 1 is 1.62 bits per heavy atom. The molecule has 0 spiro atoms. The Labute approximate surface area is 97.0 Å². The van der Waals surface area contributed by atoms with Crippen molar-refractivity contribution in [1.29, 1.82) is 5.41 Å². The molecule has 1 heterocycles. The van der Waals surface area contributed by atoms with Crippen LogP contribution in [0.1, 0.15) is 25.3 Å². The van der Waals surface area contributed by atoms with Gasteiger partial charge in [-0.15, -0.1) is 0 Å². The first kappa shape index (κ1) is 12.6. The van der Waals surface area contributed by atoms with Gasteiger partial charge in [0.25, 0.3) is 0 Å². The van der Waals surface area contributed by atoms with E-state index in [-0.39, 0.29) is 5.84 Å². The second kappa shape index (κ2) is 6.23. The van der Waals surface area contributed by atoms with Crippen molar-refractivity contribution in [2.24, 2.45) is 5.73 Å². The summed E-state index contributed by atoms with van der Waals surface area (Å²) in [5.74, 6) is 0.255. The molecule has 4 heteroatoms. The van der Waals surface area contributed by atoms with Crippen LogP contribution in [0.5, 0.6) is 0 Å². The first-order chi connectivity index (χ1) is 7.63. The number of aromatic nitrogens is 1. The van der Waals surface area contributed by atoms with Crippen LogP contribution in [0.4, 0.5) is 0 Å². The van der Waals surface area contributed by atoms with E-state index in [2.05, 4.69) is 29.9 Å². The quantitative estimate of drug-likeness (QED) is 0.565. The van der Waals surface area contributed by atoms with E-state index in [1.54, 1.807) is 6.20 Å². The van der Waals surface area contributed by atoms with Crippen molar-refractivity contribution < 1.29 is 0 Å². The number of amidine groups is 1. The molecule has 0 bridgehead atoms. The average molecular weight is 220 g/mol. The van der Waals surface area contributed by atoms with Gasteiger partial charge in [0, 0.05) is 31.4 Å². The number of nitrogens with zero attached hydrogens (tertiary/aromatic N) is 2. The summed E-state index contributed by atoms with van der Waals surface area (Å²) in [7, 11) is 2.06. The maximum Gasteiger partial charge on any atom is 0.0921 e. The minimum atomic E-state index is 0.255. The van der Waals surface area contributed by atoms with Gasteiger partial charge in [-0.2, -0.15) is 0 Å². The fraction of sp³-hybridized carbons (Fsp3) is 0.500. The van der Waals surface area contributed by atoms with Crippen molar-refractivity contribution in [2.75, 3.05) is 7.05 Å². The monoisotopic (exact) mass is 220 g/mol. The SMILES string of the molecule is CCC(CC(=N)N)N(C)Cc1cccnc1. The molecule has 0 aromatic carbocycles. The minimum Gasteiger partial charge on any atom is -0.388 e. The maximum atomic E-state index is 7.34. The number of hydrogen-bond donors (Lipinski definition) is 2.